The molecule has 3 rings (SSSR count). The fourth-order valence-electron chi connectivity index (χ4n) is 2.43. The summed E-state index contributed by atoms with van der Waals surface area (Å²) < 4.78 is 0.979. The van der Waals surface area contributed by atoms with Gasteiger partial charge in [-0.25, -0.2) is 10.9 Å². The summed E-state index contributed by atoms with van der Waals surface area (Å²) in [7, 11) is 0. The molecular weight excluding hydrogens is 366 g/mol. The molecule has 3 N–H and O–H groups in total. The number of nitrogens with one attached hydrogen (secondary N) is 3. The molecule has 1 saturated heterocycles. The second kappa shape index (κ2) is 6.79. The molecule has 0 radical (unpaired) electrons. The van der Waals surface area contributed by atoms with Gasteiger partial charge in [-0.15, -0.1) is 0 Å². The minimum absolute atomic E-state index is 0.0562. The first-order valence-corrected chi connectivity index (χ1v) is 8.12. The number of anilines is 1. The van der Waals surface area contributed by atoms with Gasteiger partial charge >= 0.3 is 0 Å². The number of carbonyl (C=O) groups excluding carboxylic acids is 1. The van der Waals surface area contributed by atoms with E-state index in [1.165, 1.54) is 0 Å². The molecule has 1 amide bonds. The zero-order valence-electron chi connectivity index (χ0n) is 11.6. The van der Waals surface area contributed by atoms with Crippen LogP contribution in [0.3, 0.4) is 0 Å². The molecule has 0 spiro atoms. The maximum absolute atomic E-state index is 12.3. The lowest BCUT2D eigenvalue weighted by Crippen LogP contribution is -2.39. The minimum Gasteiger partial charge on any atom is -0.325 e. The van der Waals surface area contributed by atoms with E-state index in [-0.39, 0.29) is 18.0 Å². The van der Waals surface area contributed by atoms with E-state index in [9.17, 15) is 4.79 Å². The molecule has 22 heavy (non-hydrogen) atoms. The van der Waals surface area contributed by atoms with E-state index < -0.39 is 0 Å². The van der Waals surface area contributed by atoms with Gasteiger partial charge < -0.3 is 5.32 Å². The van der Waals surface area contributed by atoms with Crippen molar-refractivity contribution in [3.63, 3.8) is 0 Å². The average molecular weight is 381 g/mol. The van der Waals surface area contributed by atoms with Crippen molar-refractivity contribution in [2.45, 2.75) is 18.5 Å². The van der Waals surface area contributed by atoms with Gasteiger partial charge in [0.2, 0.25) is 5.91 Å². The molecular formula is C16H15BrClN3O. The summed E-state index contributed by atoms with van der Waals surface area (Å²) in [5, 5.41) is 3.60. The van der Waals surface area contributed by atoms with Gasteiger partial charge in [-0.2, -0.15) is 0 Å². The van der Waals surface area contributed by atoms with Crippen LogP contribution >= 0.6 is 27.5 Å². The van der Waals surface area contributed by atoms with E-state index in [4.69, 9.17) is 11.6 Å². The van der Waals surface area contributed by atoms with Crippen LogP contribution in [0.15, 0.2) is 53.0 Å². The molecule has 6 heteroatoms. The number of amides is 1. The van der Waals surface area contributed by atoms with Crippen molar-refractivity contribution < 1.29 is 4.79 Å². The maximum atomic E-state index is 12.3. The lowest BCUT2D eigenvalue weighted by Gasteiger charge is -2.11. The van der Waals surface area contributed by atoms with Gasteiger partial charge in [0.25, 0.3) is 0 Å². The fraction of sp³-hybridized carbons (Fsp3) is 0.188. The van der Waals surface area contributed by atoms with Crippen LogP contribution in [0.25, 0.3) is 0 Å². The Hall–Kier alpha value is -1.40. The molecule has 114 valence electrons. The number of halogens is 2. The molecule has 2 unspecified atom stereocenters. The fourth-order valence-corrected chi connectivity index (χ4v) is 2.90. The number of rotatable bonds is 3. The van der Waals surface area contributed by atoms with E-state index in [1.54, 1.807) is 0 Å². The van der Waals surface area contributed by atoms with Gasteiger partial charge in [-0.3, -0.25) is 4.79 Å². The summed E-state index contributed by atoms with van der Waals surface area (Å²) in [6, 6.07) is 15.0. The predicted octanol–water partition coefficient (Wildman–Crippen LogP) is 3.65. The van der Waals surface area contributed by atoms with Crippen LogP contribution in [-0.2, 0) is 4.79 Å². The summed E-state index contributed by atoms with van der Waals surface area (Å²) in [6.45, 7) is 0. The molecule has 1 fully saturated rings. The Labute approximate surface area is 142 Å². The van der Waals surface area contributed by atoms with Crippen molar-refractivity contribution in [2.24, 2.45) is 0 Å². The highest BCUT2D eigenvalue weighted by molar-refractivity contribution is 9.10. The highest BCUT2D eigenvalue weighted by Gasteiger charge is 2.30. The highest BCUT2D eigenvalue weighted by atomic mass is 79.9. The third-order valence-electron chi connectivity index (χ3n) is 3.58. The lowest BCUT2D eigenvalue weighted by atomic mass is 10.0. The molecule has 4 nitrogen and oxygen atoms in total. The summed E-state index contributed by atoms with van der Waals surface area (Å²) in [6.07, 6.45) is 0.669. The van der Waals surface area contributed by atoms with Crippen molar-refractivity contribution in [1.82, 2.24) is 10.9 Å². The number of carbonyl (C=O) groups is 1. The topological polar surface area (TPSA) is 53.2 Å². The Morgan fingerprint density at radius 2 is 1.95 bits per heavy atom. The Morgan fingerprint density at radius 1 is 1.18 bits per heavy atom. The lowest BCUT2D eigenvalue weighted by molar-refractivity contribution is -0.117. The molecule has 0 aromatic heterocycles. The standard InChI is InChI=1S/C16H15BrClN3O/c17-11-4-6-13(7-5-11)19-16(22)15-9-14(20-21-15)10-2-1-3-12(18)8-10/h1-8,14-15,20-21H,9H2,(H,19,22). The molecule has 0 saturated carbocycles. The van der Waals surface area contributed by atoms with Gasteiger partial charge in [0, 0.05) is 21.2 Å². The normalized spacial score (nSPS) is 20.8. The van der Waals surface area contributed by atoms with Crippen LogP contribution in [0.5, 0.6) is 0 Å². The SMILES string of the molecule is O=C(Nc1ccc(Br)cc1)C1CC(c2cccc(Cl)c2)NN1. The molecule has 0 bridgehead atoms. The summed E-state index contributed by atoms with van der Waals surface area (Å²) in [5.74, 6) is -0.0562. The maximum Gasteiger partial charge on any atom is 0.242 e. The zero-order valence-corrected chi connectivity index (χ0v) is 14.0. The van der Waals surface area contributed by atoms with Crippen molar-refractivity contribution in [3.8, 4) is 0 Å². The molecule has 1 heterocycles. The average Bonchev–Trinajstić information content (AvgIpc) is 3.00. The van der Waals surface area contributed by atoms with Gasteiger partial charge in [0.05, 0.1) is 0 Å². The van der Waals surface area contributed by atoms with Crippen LogP contribution in [0, 0.1) is 0 Å². The number of hydrogen-bond acceptors (Lipinski definition) is 3. The Morgan fingerprint density at radius 3 is 2.68 bits per heavy atom. The smallest absolute Gasteiger partial charge is 0.242 e. The van der Waals surface area contributed by atoms with Gasteiger partial charge in [0.1, 0.15) is 6.04 Å². The Balaban J connectivity index is 1.62. The first-order valence-electron chi connectivity index (χ1n) is 6.95. The predicted molar refractivity (Wildman–Crippen MR) is 91.6 cm³/mol. The minimum atomic E-state index is -0.285. The number of hydrazine groups is 1. The molecule has 2 aromatic carbocycles. The molecule has 1 aliphatic rings. The van der Waals surface area contributed by atoms with Crippen LogP contribution in [0.2, 0.25) is 5.02 Å². The van der Waals surface area contributed by atoms with Gasteiger partial charge in [-0.1, -0.05) is 39.7 Å². The second-order valence-electron chi connectivity index (χ2n) is 5.18. The molecule has 2 aromatic rings. The third-order valence-corrected chi connectivity index (χ3v) is 4.35. The quantitative estimate of drug-likeness (QED) is 0.762. The van der Waals surface area contributed by atoms with Crippen LogP contribution in [0.4, 0.5) is 5.69 Å². The van der Waals surface area contributed by atoms with Crippen LogP contribution in [0.1, 0.15) is 18.0 Å². The third kappa shape index (κ3) is 3.67. The molecule has 0 aliphatic carbocycles. The van der Waals surface area contributed by atoms with E-state index in [2.05, 4.69) is 32.1 Å². The number of benzene rings is 2. The summed E-state index contributed by atoms with van der Waals surface area (Å²) in [5.41, 5.74) is 8.04. The summed E-state index contributed by atoms with van der Waals surface area (Å²) in [4.78, 5) is 12.3. The van der Waals surface area contributed by atoms with Crippen molar-refractivity contribution in [1.29, 1.82) is 0 Å². The van der Waals surface area contributed by atoms with Crippen LogP contribution < -0.4 is 16.2 Å². The molecule has 2 atom stereocenters. The van der Waals surface area contributed by atoms with E-state index >= 15 is 0 Å². The first-order chi connectivity index (χ1) is 10.6. The zero-order chi connectivity index (χ0) is 15.5. The monoisotopic (exact) mass is 379 g/mol. The number of hydrogen-bond donors (Lipinski definition) is 3. The van der Waals surface area contributed by atoms with Crippen LogP contribution in [-0.4, -0.2) is 11.9 Å². The second-order valence-corrected chi connectivity index (χ2v) is 6.53. The Bertz CT molecular complexity index is 677. The largest absolute Gasteiger partial charge is 0.325 e. The molecule has 1 aliphatic heterocycles. The van der Waals surface area contributed by atoms with Gasteiger partial charge in [-0.05, 0) is 48.4 Å². The van der Waals surface area contributed by atoms with E-state index in [1.807, 2.05) is 48.5 Å². The van der Waals surface area contributed by atoms with Crippen molar-refractivity contribution in [3.05, 3.63) is 63.6 Å². The van der Waals surface area contributed by atoms with E-state index in [0.717, 1.165) is 15.7 Å². The Kier molecular flexibility index (Phi) is 4.78. The summed E-state index contributed by atoms with van der Waals surface area (Å²) >= 11 is 9.38. The first kappa shape index (κ1) is 15.5. The van der Waals surface area contributed by atoms with E-state index in [0.29, 0.717) is 11.4 Å². The van der Waals surface area contributed by atoms with Crippen molar-refractivity contribution >= 4 is 39.1 Å². The highest BCUT2D eigenvalue weighted by Crippen LogP contribution is 2.25. The van der Waals surface area contributed by atoms with Crippen molar-refractivity contribution in [2.75, 3.05) is 5.32 Å². The van der Waals surface area contributed by atoms with Gasteiger partial charge in [0.15, 0.2) is 0 Å².